The fourth-order valence-corrected chi connectivity index (χ4v) is 6.93. The molecule has 3 aromatic rings. The molecule has 1 saturated carbocycles. The number of rotatable bonds is 5. The Morgan fingerprint density at radius 1 is 0.833 bits per heavy atom. The molecule has 122 valence electrons. The van der Waals surface area contributed by atoms with E-state index in [9.17, 15) is 0 Å². The molecular weight excluding hydrogens is 306 g/mol. The van der Waals surface area contributed by atoms with Crippen LogP contribution in [-0.4, -0.2) is 14.1 Å². The van der Waals surface area contributed by atoms with E-state index in [0.29, 0.717) is 0 Å². The summed E-state index contributed by atoms with van der Waals surface area (Å²) in [6.45, 7) is 5.98. The van der Waals surface area contributed by atoms with Gasteiger partial charge in [-0.3, -0.25) is 0 Å². The van der Waals surface area contributed by atoms with Crippen LogP contribution in [0.2, 0.25) is 13.1 Å². The van der Waals surface area contributed by atoms with Crippen molar-refractivity contribution in [1.29, 1.82) is 0 Å². The molecular formula is C22H25NSi. The van der Waals surface area contributed by atoms with Crippen LogP contribution in [0, 0.1) is 0 Å². The Balaban J connectivity index is 1.79. The zero-order valence-electron chi connectivity index (χ0n) is 14.5. The summed E-state index contributed by atoms with van der Waals surface area (Å²) in [5.41, 5.74) is 1.48. The third kappa shape index (κ3) is 2.92. The molecule has 0 radical (unpaired) electrons. The van der Waals surface area contributed by atoms with Crippen molar-refractivity contribution in [2.45, 2.75) is 38.5 Å². The third-order valence-electron chi connectivity index (χ3n) is 5.31. The van der Waals surface area contributed by atoms with E-state index in [0.717, 1.165) is 12.6 Å². The molecule has 1 nitrogen and oxygen atoms in total. The zero-order valence-corrected chi connectivity index (χ0v) is 15.5. The molecule has 0 amide bonds. The van der Waals surface area contributed by atoms with Crippen molar-refractivity contribution in [1.82, 2.24) is 5.32 Å². The van der Waals surface area contributed by atoms with Crippen molar-refractivity contribution in [2.24, 2.45) is 0 Å². The molecule has 0 heterocycles. The molecule has 0 bridgehead atoms. The van der Waals surface area contributed by atoms with E-state index in [1.165, 1.54) is 29.2 Å². The van der Waals surface area contributed by atoms with Crippen molar-refractivity contribution in [2.75, 3.05) is 0 Å². The van der Waals surface area contributed by atoms with Gasteiger partial charge in [0.25, 0.3) is 0 Å². The summed E-state index contributed by atoms with van der Waals surface area (Å²) < 4.78 is 0. The van der Waals surface area contributed by atoms with Crippen molar-refractivity contribution < 1.29 is 0 Å². The highest BCUT2D eigenvalue weighted by Gasteiger charge is 2.30. The first-order valence-corrected chi connectivity index (χ1v) is 12.0. The van der Waals surface area contributed by atoms with Gasteiger partial charge in [0.1, 0.15) is 8.07 Å². The maximum Gasteiger partial charge on any atom is 0.113 e. The van der Waals surface area contributed by atoms with Crippen LogP contribution in [0.25, 0.3) is 10.8 Å². The second-order valence-electron chi connectivity index (χ2n) is 7.46. The molecule has 0 aromatic heterocycles. The van der Waals surface area contributed by atoms with Gasteiger partial charge in [-0.15, -0.1) is 0 Å². The molecule has 0 saturated heterocycles. The minimum Gasteiger partial charge on any atom is -0.310 e. The Labute approximate surface area is 145 Å². The standard InChI is InChI=1S/C22H25NSi/c1-24(2,22-13-7-10-17-8-3-5-11-20(17)22)21-12-6-4-9-18(21)16-23-19-14-15-19/h3-13,19,23H,14-16H2,1-2H3. The molecule has 0 atom stereocenters. The molecule has 1 N–H and O–H groups in total. The van der Waals surface area contributed by atoms with Gasteiger partial charge in [0, 0.05) is 12.6 Å². The minimum absolute atomic E-state index is 0.750. The van der Waals surface area contributed by atoms with E-state index in [4.69, 9.17) is 0 Å². The largest absolute Gasteiger partial charge is 0.310 e. The number of hydrogen-bond acceptors (Lipinski definition) is 1. The number of fused-ring (bicyclic) bond motifs is 1. The molecule has 0 unspecified atom stereocenters. The summed E-state index contributed by atoms with van der Waals surface area (Å²) in [5, 5.41) is 9.57. The molecule has 2 heteroatoms. The van der Waals surface area contributed by atoms with E-state index in [1.54, 1.807) is 10.4 Å². The lowest BCUT2D eigenvalue weighted by molar-refractivity contribution is 0.690. The SMILES string of the molecule is C[Si](C)(c1ccccc1CNC1CC1)c1cccc2ccccc12. The Morgan fingerprint density at radius 2 is 1.50 bits per heavy atom. The van der Waals surface area contributed by atoms with E-state index in [-0.39, 0.29) is 0 Å². The number of hydrogen-bond donors (Lipinski definition) is 1. The monoisotopic (exact) mass is 331 g/mol. The van der Waals surface area contributed by atoms with Crippen LogP contribution >= 0.6 is 0 Å². The molecule has 1 aliphatic carbocycles. The summed E-state index contributed by atoms with van der Waals surface area (Å²) in [5.74, 6) is 0. The highest BCUT2D eigenvalue weighted by molar-refractivity contribution is 7.02. The summed E-state index contributed by atoms with van der Waals surface area (Å²) in [4.78, 5) is 0. The average molecular weight is 332 g/mol. The Hall–Kier alpha value is -1.90. The predicted octanol–water partition coefficient (Wildman–Crippen LogP) is 3.91. The van der Waals surface area contributed by atoms with Crippen molar-refractivity contribution >= 4 is 29.2 Å². The number of benzene rings is 3. The van der Waals surface area contributed by atoms with Crippen LogP contribution in [0.3, 0.4) is 0 Å². The molecule has 3 aromatic carbocycles. The lowest BCUT2D eigenvalue weighted by atomic mass is 10.1. The lowest BCUT2D eigenvalue weighted by Gasteiger charge is -2.28. The molecule has 1 fully saturated rings. The van der Waals surface area contributed by atoms with Crippen LogP contribution in [0.4, 0.5) is 0 Å². The topological polar surface area (TPSA) is 12.0 Å². The van der Waals surface area contributed by atoms with Crippen molar-refractivity contribution in [3.63, 3.8) is 0 Å². The molecule has 0 aliphatic heterocycles. The van der Waals surface area contributed by atoms with Crippen LogP contribution in [-0.2, 0) is 6.54 Å². The second kappa shape index (κ2) is 6.19. The maximum atomic E-state index is 3.70. The van der Waals surface area contributed by atoms with Gasteiger partial charge in [-0.25, -0.2) is 0 Å². The Kier molecular flexibility index (Phi) is 4.03. The van der Waals surface area contributed by atoms with Gasteiger partial charge in [0.05, 0.1) is 0 Å². The quantitative estimate of drug-likeness (QED) is 0.699. The molecule has 1 aliphatic rings. The first kappa shape index (κ1) is 15.6. The number of nitrogens with one attached hydrogen (secondary N) is 1. The third-order valence-corrected chi connectivity index (χ3v) is 8.93. The normalized spacial score (nSPS) is 14.9. The van der Waals surface area contributed by atoms with Crippen LogP contribution < -0.4 is 15.7 Å². The van der Waals surface area contributed by atoms with E-state index in [1.807, 2.05) is 0 Å². The summed E-state index contributed by atoms with van der Waals surface area (Å²) in [6, 6.07) is 25.4. The second-order valence-corrected chi connectivity index (χ2v) is 11.8. The van der Waals surface area contributed by atoms with Gasteiger partial charge in [0.15, 0.2) is 0 Å². The van der Waals surface area contributed by atoms with Crippen molar-refractivity contribution in [3.05, 3.63) is 72.3 Å². The summed E-state index contributed by atoms with van der Waals surface area (Å²) in [6.07, 6.45) is 2.68. The van der Waals surface area contributed by atoms with E-state index >= 15 is 0 Å². The van der Waals surface area contributed by atoms with Gasteiger partial charge < -0.3 is 5.32 Å². The highest BCUT2D eigenvalue weighted by Crippen LogP contribution is 2.20. The lowest BCUT2D eigenvalue weighted by Crippen LogP contribution is -2.54. The summed E-state index contributed by atoms with van der Waals surface area (Å²) >= 11 is 0. The fraction of sp³-hybridized carbons (Fsp3) is 0.273. The van der Waals surface area contributed by atoms with Gasteiger partial charge in [-0.2, -0.15) is 0 Å². The first-order valence-electron chi connectivity index (χ1n) is 8.96. The van der Waals surface area contributed by atoms with E-state index in [2.05, 4.69) is 85.1 Å². The fourth-order valence-electron chi connectivity index (χ4n) is 3.74. The van der Waals surface area contributed by atoms with Gasteiger partial charge in [-0.1, -0.05) is 85.0 Å². The van der Waals surface area contributed by atoms with Gasteiger partial charge >= 0.3 is 0 Å². The van der Waals surface area contributed by atoms with Crippen molar-refractivity contribution in [3.8, 4) is 0 Å². The zero-order chi connectivity index (χ0) is 16.6. The molecule has 0 spiro atoms. The Bertz CT molecular complexity index is 859. The van der Waals surface area contributed by atoms with Gasteiger partial charge in [0.2, 0.25) is 0 Å². The molecule has 24 heavy (non-hydrogen) atoms. The Morgan fingerprint density at radius 3 is 2.33 bits per heavy atom. The first-order chi connectivity index (χ1) is 11.7. The highest BCUT2D eigenvalue weighted by atomic mass is 28.3. The smallest absolute Gasteiger partial charge is 0.113 e. The predicted molar refractivity (Wildman–Crippen MR) is 107 cm³/mol. The summed E-state index contributed by atoms with van der Waals surface area (Å²) in [7, 11) is -1.76. The maximum absolute atomic E-state index is 3.70. The van der Waals surface area contributed by atoms with Crippen LogP contribution in [0.5, 0.6) is 0 Å². The molecule has 4 rings (SSSR count). The van der Waals surface area contributed by atoms with Crippen LogP contribution in [0.15, 0.2) is 66.7 Å². The van der Waals surface area contributed by atoms with Crippen LogP contribution in [0.1, 0.15) is 18.4 Å². The average Bonchev–Trinajstić information content (AvgIpc) is 3.44. The van der Waals surface area contributed by atoms with E-state index < -0.39 is 8.07 Å². The van der Waals surface area contributed by atoms with Gasteiger partial charge in [-0.05, 0) is 34.4 Å². The minimum atomic E-state index is -1.76.